The molecule has 2 N–H and O–H groups in total. The van der Waals surface area contributed by atoms with Crippen molar-refractivity contribution in [1.82, 2.24) is 5.32 Å². The number of carbonyl (C=O) groups is 3. The van der Waals surface area contributed by atoms with Crippen LogP contribution in [0.2, 0.25) is 0 Å². The van der Waals surface area contributed by atoms with E-state index in [2.05, 4.69) is 5.32 Å². The number of ether oxygens (including phenoxy) is 2. The summed E-state index contributed by atoms with van der Waals surface area (Å²) in [7, 11) is 0. The van der Waals surface area contributed by atoms with Gasteiger partial charge < -0.3 is 19.9 Å². The van der Waals surface area contributed by atoms with Crippen LogP contribution in [0.1, 0.15) is 58.8 Å². The van der Waals surface area contributed by atoms with E-state index in [1.165, 1.54) is 11.8 Å². The van der Waals surface area contributed by atoms with Gasteiger partial charge >= 0.3 is 0 Å². The first-order valence-corrected chi connectivity index (χ1v) is 12.4. The zero-order valence-electron chi connectivity index (χ0n) is 19.8. The van der Waals surface area contributed by atoms with E-state index in [9.17, 15) is 19.5 Å². The van der Waals surface area contributed by atoms with Crippen molar-refractivity contribution in [3.05, 3.63) is 52.1 Å². The number of phenols is 1. The van der Waals surface area contributed by atoms with Gasteiger partial charge in [-0.2, -0.15) is 0 Å². The van der Waals surface area contributed by atoms with Crippen LogP contribution < -0.4 is 14.8 Å². The Morgan fingerprint density at radius 1 is 1.12 bits per heavy atom. The van der Waals surface area contributed by atoms with Gasteiger partial charge in [0, 0.05) is 11.3 Å². The molecule has 7 nitrogen and oxygen atoms in total. The second-order valence-corrected chi connectivity index (χ2v) is 10.1. The van der Waals surface area contributed by atoms with Crippen LogP contribution in [0.25, 0.3) is 0 Å². The lowest BCUT2D eigenvalue weighted by Gasteiger charge is -2.38. The number of thioether (sulfide) groups is 1. The minimum atomic E-state index is -0.791. The van der Waals surface area contributed by atoms with Gasteiger partial charge in [-0.1, -0.05) is 19.1 Å². The summed E-state index contributed by atoms with van der Waals surface area (Å²) in [5, 5.41) is 12.6. The third kappa shape index (κ3) is 4.51. The quantitative estimate of drug-likeness (QED) is 0.570. The average molecular weight is 484 g/mol. The fourth-order valence-corrected chi connectivity index (χ4v) is 5.36. The molecule has 0 aliphatic carbocycles. The Morgan fingerprint density at radius 3 is 2.44 bits per heavy atom. The topological polar surface area (TPSA) is 102 Å². The molecule has 2 aliphatic heterocycles. The van der Waals surface area contributed by atoms with Crippen molar-refractivity contribution in [2.75, 3.05) is 6.61 Å². The van der Waals surface area contributed by atoms with Crippen molar-refractivity contribution in [2.45, 2.75) is 63.7 Å². The molecule has 0 radical (unpaired) electrons. The molecule has 180 valence electrons. The number of aromatic hydroxyl groups is 1. The maximum Gasteiger partial charge on any atom is 0.228 e. The fourth-order valence-electron chi connectivity index (χ4n) is 4.32. The van der Waals surface area contributed by atoms with E-state index in [0.717, 1.165) is 11.1 Å². The van der Waals surface area contributed by atoms with Crippen molar-refractivity contribution >= 4 is 29.2 Å². The minimum absolute atomic E-state index is 0.0432. The molecule has 0 spiro atoms. The highest BCUT2D eigenvalue weighted by molar-refractivity contribution is 7.99. The molecule has 0 saturated carbocycles. The molecule has 4 rings (SSSR count). The number of benzene rings is 2. The lowest BCUT2D eigenvalue weighted by atomic mass is 9.84. The number of phenolic OH excluding ortho intramolecular Hbond substituents is 1. The van der Waals surface area contributed by atoms with Gasteiger partial charge in [0.2, 0.25) is 5.91 Å². The molecule has 34 heavy (non-hydrogen) atoms. The van der Waals surface area contributed by atoms with Gasteiger partial charge in [-0.05, 0) is 56.0 Å². The van der Waals surface area contributed by atoms with Crippen LogP contribution in [0, 0.1) is 20.8 Å². The standard InChI is InChI=1S/C26H29NO6S/c1-5-26(11-20(29)22-16(4)23(31)14(2)15(3)24(22)33-26)13-32-18-8-6-17(7-9-18)12-34-25-19(28)10-21(30)27-25/h6-9,25,31H,5,10-13H2,1-4H3,(H,27,30). The summed E-state index contributed by atoms with van der Waals surface area (Å²) in [5.74, 6) is 1.57. The van der Waals surface area contributed by atoms with Gasteiger partial charge in [-0.25, -0.2) is 0 Å². The summed E-state index contributed by atoms with van der Waals surface area (Å²) in [5.41, 5.74) is 2.72. The number of rotatable bonds is 7. The van der Waals surface area contributed by atoms with E-state index in [1.807, 2.05) is 45.0 Å². The lowest BCUT2D eigenvalue weighted by molar-refractivity contribution is -0.122. The van der Waals surface area contributed by atoms with Crippen LogP contribution in [0.15, 0.2) is 24.3 Å². The van der Waals surface area contributed by atoms with Crippen LogP contribution in [0.3, 0.4) is 0 Å². The summed E-state index contributed by atoms with van der Waals surface area (Å²) < 4.78 is 12.5. The molecule has 2 atom stereocenters. The smallest absolute Gasteiger partial charge is 0.228 e. The maximum absolute atomic E-state index is 13.1. The predicted molar refractivity (Wildman–Crippen MR) is 130 cm³/mol. The van der Waals surface area contributed by atoms with Gasteiger partial charge in [0.1, 0.15) is 34.8 Å². The second-order valence-electron chi connectivity index (χ2n) is 9.00. The van der Waals surface area contributed by atoms with Crippen molar-refractivity contribution in [2.24, 2.45) is 0 Å². The summed E-state index contributed by atoms with van der Waals surface area (Å²) in [6, 6.07) is 7.54. The molecule has 1 fully saturated rings. The number of fused-ring (bicyclic) bond motifs is 1. The molecule has 1 saturated heterocycles. The SMILES string of the molecule is CCC1(COc2ccc(CSC3NC(=O)CC3=O)cc2)CC(=O)c2c(C)c(O)c(C)c(C)c2O1. The summed E-state index contributed by atoms with van der Waals surface area (Å²) in [6.45, 7) is 7.60. The molecule has 1 amide bonds. The Labute approximate surface area is 203 Å². The Hall–Kier alpha value is -3.00. The van der Waals surface area contributed by atoms with E-state index < -0.39 is 11.0 Å². The zero-order valence-corrected chi connectivity index (χ0v) is 20.6. The molecule has 2 aromatic rings. The average Bonchev–Trinajstić information content (AvgIpc) is 3.15. The van der Waals surface area contributed by atoms with E-state index in [-0.39, 0.29) is 42.7 Å². The highest BCUT2D eigenvalue weighted by Gasteiger charge is 2.42. The van der Waals surface area contributed by atoms with Crippen molar-refractivity contribution in [3.63, 3.8) is 0 Å². The number of hydrogen-bond donors (Lipinski definition) is 2. The fraction of sp³-hybridized carbons (Fsp3) is 0.423. The Morgan fingerprint density at radius 2 is 1.82 bits per heavy atom. The van der Waals surface area contributed by atoms with Gasteiger partial charge in [0.25, 0.3) is 0 Å². The van der Waals surface area contributed by atoms with Crippen LogP contribution in [0.5, 0.6) is 17.2 Å². The Balaban J connectivity index is 1.43. The summed E-state index contributed by atoms with van der Waals surface area (Å²) in [6.07, 6.45) is 0.722. The number of nitrogens with one attached hydrogen (secondary N) is 1. The van der Waals surface area contributed by atoms with Crippen LogP contribution in [-0.4, -0.2) is 40.2 Å². The zero-order chi connectivity index (χ0) is 24.6. The van der Waals surface area contributed by atoms with E-state index in [0.29, 0.717) is 40.4 Å². The van der Waals surface area contributed by atoms with Crippen LogP contribution >= 0.6 is 11.8 Å². The largest absolute Gasteiger partial charge is 0.507 e. The number of Topliss-reactive ketones (excluding diaryl/α,β-unsaturated/α-hetero) is 2. The van der Waals surface area contributed by atoms with Crippen LogP contribution in [0.4, 0.5) is 0 Å². The molecule has 0 aromatic heterocycles. The van der Waals surface area contributed by atoms with E-state index >= 15 is 0 Å². The minimum Gasteiger partial charge on any atom is -0.507 e. The number of carbonyl (C=O) groups excluding carboxylic acids is 3. The molecule has 0 bridgehead atoms. The maximum atomic E-state index is 13.1. The first-order valence-electron chi connectivity index (χ1n) is 11.3. The molecular weight excluding hydrogens is 454 g/mol. The first-order chi connectivity index (χ1) is 16.1. The Kier molecular flexibility index (Phi) is 6.62. The molecule has 2 unspecified atom stereocenters. The number of ketones is 2. The number of hydrogen-bond acceptors (Lipinski definition) is 7. The van der Waals surface area contributed by atoms with Crippen LogP contribution in [-0.2, 0) is 15.3 Å². The molecule has 2 heterocycles. The lowest BCUT2D eigenvalue weighted by Crippen LogP contribution is -2.47. The first kappa shape index (κ1) is 24.1. The van der Waals surface area contributed by atoms with Gasteiger partial charge in [0.05, 0.1) is 18.4 Å². The van der Waals surface area contributed by atoms with E-state index in [4.69, 9.17) is 9.47 Å². The third-order valence-electron chi connectivity index (χ3n) is 6.70. The Bertz CT molecular complexity index is 1160. The highest BCUT2D eigenvalue weighted by atomic mass is 32.2. The summed E-state index contributed by atoms with van der Waals surface area (Å²) in [4.78, 5) is 36.2. The molecular formula is C26H29NO6S. The van der Waals surface area contributed by atoms with Gasteiger partial charge in [-0.3, -0.25) is 14.4 Å². The van der Waals surface area contributed by atoms with Crippen molar-refractivity contribution < 1.29 is 29.0 Å². The van der Waals surface area contributed by atoms with E-state index in [1.54, 1.807) is 6.92 Å². The molecule has 2 aliphatic rings. The number of amides is 1. The molecule has 8 heteroatoms. The second kappa shape index (κ2) is 9.33. The van der Waals surface area contributed by atoms with Crippen molar-refractivity contribution in [1.29, 1.82) is 0 Å². The third-order valence-corrected chi connectivity index (χ3v) is 7.92. The molecule has 2 aromatic carbocycles. The normalized spacial score (nSPS) is 21.8. The van der Waals surface area contributed by atoms with Crippen molar-refractivity contribution in [3.8, 4) is 17.2 Å². The van der Waals surface area contributed by atoms with Gasteiger partial charge in [0.15, 0.2) is 11.6 Å². The predicted octanol–water partition coefficient (Wildman–Crippen LogP) is 4.16. The monoisotopic (exact) mass is 483 g/mol. The van der Waals surface area contributed by atoms with Gasteiger partial charge in [-0.15, -0.1) is 11.8 Å². The highest BCUT2D eigenvalue weighted by Crippen LogP contribution is 2.44. The summed E-state index contributed by atoms with van der Waals surface area (Å²) >= 11 is 1.39.